The van der Waals surface area contributed by atoms with Crippen LogP contribution in [0.5, 0.6) is 0 Å². The third kappa shape index (κ3) is 4.50. The monoisotopic (exact) mass is 334 g/mol. The Morgan fingerprint density at radius 3 is 2.52 bits per heavy atom. The van der Waals surface area contributed by atoms with Gasteiger partial charge in [-0.25, -0.2) is 0 Å². The van der Waals surface area contributed by atoms with Gasteiger partial charge in [0.15, 0.2) is 0 Å². The topological polar surface area (TPSA) is 49.4 Å². The quantitative estimate of drug-likeness (QED) is 0.834. The molecule has 0 bridgehead atoms. The second kappa shape index (κ2) is 8.39. The minimum absolute atomic E-state index is 0.0299. The second-order valence-electron chi connectivity index (χ2n) is 6.31. The summed E-state index contributed by atoms with van der Waals surface area (Å²) in [5.74, 6) is 0.968. The molecule has 0 saturated carbocycles. The van der Waals surface area contributed by atoms with Gasteiger partial charge in [0.05, 0.1) is 6.04 Å². The maximum absolute atomic E-state index is 12.9. The molecule has 1 aliphatic rings. The van der Waals surface area contributed by atoms with Gasteiger partial charge >= 0.3 is 0 Å². The molecule has 4 nitrogen and oxygen atoms in total. The first-order valence-electron chi connectivity index (χ1n) is 8.18. The van der Waals surface area contributed by atoms with Gasteiger partial charge in [0.25, 0.3) is 0 Å². The first kappa shape index (κ1) is 17.9. The van der Waals surface area contributed by atoms with Crippen LogP contribution in [0, 0.1) is 5.92 Å². The number of nitrogens with zero attached hydrogens (tertiary/aromatic N) is 1. The summed E-state index contributed by atoms with van der Waals surface area (Å²) in [5, 5.41) is 3.16. The van der Waals surface area contributed by atoms with Crippen LogP contribution in [-0.2, 0) is 9.59 Å². The summed E-state index contributed by atoms with van der Waals surface area (Å²) < 4.78 is 0. The van der Waals surface area contributed by atoms with Crippen LogP contribution in [0.2, 0.25) is 0 Å². The molecule has 23 heavy (non-hydrogen) atoms. The molecule has 0 aromatic heterocycles. The van der Waals surface area contributed by atoms with E-state index in [0.29, 0.717) is 13.0 Å². The van der Waals surface area contributed by atoms with Gasteiger partial charge in [-0.1, -0.05) is 44.2 Å². The number of carbonyl (C=O) groups excluding carboxylic acids is 2. The van der Waals surface area contributed by atoms with Crippen molar-refractivity contribution in [2.45, 2.75) is 38.8 Å². The maximum Gasteiger partial charge on any atom is 0.243 e. The molecule has 126 valence electrons. The predicted molar refractivity (Wildman–Crippen MR) is 95.3 cm³/mol. The van der Waals surface area contributed by atoms with Gasteiger partial charge in [-0.05, 0) is 24.2 Å². The molecule has 0 unspecified atom stereocenters. The van der Waals surface area contributed by atoms with Crippen molar-refractivity contribution in [3.63, 3.8) is 0 Å². The van der Waals surface area contributed by atoms with Crippen LogP contribution in [-0.4, -0.2) is 41.3 Å². The van der Waals surface area contributed by atoms with E-state index in [1.807, 2.05) is 50.4 Å². The molecule has 1 saturated heterocycles. The Labute approximate surface area is 143 Å². The molecule has 1 aromatic rings. The number of hydrogen-bond donors (Lipinski definition) is 1. The normalized spacial score (nSPS) is 17.4. The molecule has 1 fully saturated rings. The lowest BCUT2D eigenvalue weighted by atomic mass is 10.0. The maximum atomic E-state index is 12.9. The third-order valence-electron chi connectivity index (χ3n) is 4.20. The van der Waals surface area contributed by atoms with Crippen LogP contribution >= 0.6 is 11.8 Å². The summed E-state index contributed by atoms with van der Waals surface area (Å²) in [7, 11) is 0. The van der Waals surface area contributed by atoms with E-state index in [2.05, 4.69) is 5.32 Å². The van der Waals surface area contributed by atoms with E-state index >= 15 is 0 Å². The number of thioether (sulfide) groups is 1. The summed E-state index contributed by atoms with van der Waals surface area (Å²) in [4.78, 5) is 26.7. The van der Waals surface area contributed by atoms with E-state index < -0.39 is 0 Å². The largest absolute Gasteiger partial charge is 0.347 e. The van der Waals surface area contributed by atoms with Crippen molar-refractivity contribution >= 4 is 23.6 Å². The minimum atomic E-state index is -0.377. The van der Waals surface area contributed by atoms with Crippen molar-refractivity contribution in [3.05, 3.63) is 35.9 Å². The third-order valence-corrected chi connectivity index (χ3v) is 4.86. The van der Waals surface area contributed by atoms with Crippen LogP contribution in [0.1, 0.15) is 38.3 Å². The van der Waals surface area contributed by atoms with Crippen LogP contribution in [0.4, 0.5) is 0 Å². The Bertz CT molecular complexity index is 533. The Hall–Kier alpha value is -1.49. The molecule has 1 heterocycles. The van der Waals surface area contributed by atoms with E-state index in [-0.39, 0.29) is 29.8 Å². The molecule has 5 heteroatoms. The molecule has 0 aliphatic carbocycles. The van der Waals surface area contributed by atoms with Crippen molar-refractivity contribution in [3.8, 4) is 0 Å². The van der Waals surface area contributed by atoms with Crippen molar-refractivity contribution in [2.75, 3.05) is 18.6 Å². The number of amides is 2. The molecule has 2 amide bonds. The smallest absolute Gasteiger partial charge is 0.243 e. The van der Waals surface area contributed by atoms with Gasteiger partial charge in [-0.15, -0.1) is 0 Å². The molecule has 1 aliphatic heterocycles. The zero-order valence-electron chi connectivity index (χ0n) is 14.1. The standard InChI is InChI=1S/C18H26N2O2S/c1-13(2)17(20-11-7-10-16(20)21)18(22)19-15(12-23-3)14-8-5-4-6-9-14/h4-6,8-9,13,15,17H,7,10-12H2,1-3H3,(H,19,22)/t15-,17+/m1/s1. The number of benzene rings is 1. The molecular formula is C18H26N2O2S. The number of carbonyl (C=O) groups is 2. The summed E-state index contributed by atoms with van der Waals surface area (Å²) in [6.45, 7) is 4.69. The average Bonchev–Trinajstić information content (AvgIpc) is 2.93. The highest BCUT2D eigenvalue weighted by Gasteiger charge is 2.35. The minimum Gasteiger partial charge on any atom is -0.347 e. The molecule has 2 rings (SSSR count). The summed E-state index contributed by atoms with van der Waals surface area (Å²) in [6.07, 6.45) is 3.44. The Kier molecular flexibility index (Phi) is 6.51. The molecule has 1 aromatic carbocycles. The fourth-order valence-electron chi connectivity index (χ4n) is 3.10. The van der Waals surface area contributed by atoms with E-state index in [9.17, 15) is 9.59 Å². The number of likely N-dealkylation sites (tertiary alicyclic amines) is 1. The van der Waals surface area contributed by atoms with Crippen molar-refractivity contribution in [1.82, 2.24) is 10.2 Å². The van der Waals surface area contributed by atoms with Crippen molar-refractivity contribution < 1.29 is 9.59 Å². The lowest BCUT2D eigenvalue weighted by Gasteiger charge is -2.31. The summed E-state index contributed by atoms with van der Waals surface area (Å²) >= 11 is 1.70. The predicted octanol–water partition coefficient (Wildman–Crippen LogP) is 2.85. The molecule has 1 N–H and O–H groups in total. The average molecular weight is 334 g/mol. The fourth-order valence-corrected chi connectivity index (χ4v) is 3.71. The van der Waals surface area contributed by atoms with Crippen LogP contribution < -0.4 is 5.32 Å². The van der Waals surface area contributed by atoms with E-state index in [1.54, 1.807) is 16.7 Å². The van der Waals surface area contributed by atoms with Crippen LogP contribution in [0.25, 0.3) is 0 Å². The number of rotatable bonds is 7. The van der Waals surface area contributed by atoms with Crippen LogP contribution in [0.3, 0.4) is 0 Å². The molecule has 0 spiro atoms. The van der Waals surface area contributed by atoms with Gasteiger partial charge in [0, 0.05) is 18.7 Å². The van der Waals surface area contributed by atoms with Crippen molar-refractivity contribution in [2.24, 2.45) is 5.92 Å². The van der Waals surface area contributed by atoms with Gasteiger partial charge in [0.1, 0.15) is 6.04 Å². The zero-order chi connectivity index (χ0) is 16.8. The lowest BCUT2D eigenvalue weighted by Crippen LogP contribution is -2.51. The molecule has 2 atom stereocenters. The highest BCUT2D eigenvalue weighted by Crippen LogP contribution is 2.22. The first-order valence-corrected chi connectivity index (χ1v) is 9.57. The Morgan fingerprint density at radius 2 is 2.00 bits per heavy atom. The molecular weight excluding hydrogens is 308 g/mol. The fraction of sp³-hybridized carbons (Fsp3) is 0.556. The zero-order valence-corrected chi connectivity index (χ0v) is 14.9. The highest BCUT2D eigenvalue weighted by atomic mass is 32.2. The first-order chi connectivity index (χ1) is 11.0. The second-order valence-corrected chi connectivity index (χ2v) is 7.22. The van der Waals surface area contributed by atoms with Crippen LogP contribution in [0.15, 0.2) is 30.3 Å². The Morgan fingerprint density at radius 1 is 1.30 bits per heavy atom. The van der Waals surface area contributed by atoms with Gasteiger partial charge in [-0.3, -0.25) is 9.59 Å². The number of hydrogen-bond acceptors (Lipinski definition) is 3. The summed E-state index contributed by atoms with van der Waals surface area (Å²) in [5.41, 5.74) is 1.10. The van der Waals surface area contributed by atoms with Gasteiger partial charge in [0.2, 0.25) is 11.8 Å². The Balaban J connectivity index is 2.13. The van der Waals surface area contributed by atoms with Gasteiger partial charge in [-0.2, -0.15) is 11.8 Å². The SMILES string of the molecule is CSC[C@@H](NC(=O)[C@H](C(C)C)N1CCCC1=O)c1ccccc1. The van der Waals surface area contributed by atoms with E-state index in [4.69, 9.17) is 0 Å². The van der Waals surface area contributed by atoms with E-state index in [1.165, 1.54) is 0 Å². The van der Waals surface area contributed by atoms with E-state index in [0.717, 1.165) is 17.7 Å². The summed E-state index contributed by atoms with van der Waals surface area (Å²) in [6, 6.07) is 9.61. The number of nitrogens with one attached hydrogen (secondary N) is 1. The highest BCUT2D eigenvalue weighted by molar-refractivity contribution is 7.98. The molecule has 0 radical (unpaired) electrons. The lowest BCUT2D eigenvalue weighted by molar-refractivity contribution is -0.139. The van der Waals surface area contributed by atoms with Gasteiger partial charge < -0.3 is 10.2 Å². The van der Waals surface area contributed by atoms with Crippen molar-refractivity contribution in [1.29, 1.82) is 0 Å².